The number of piperidine rings is 1. The second-order valence-corrected chi connectivity index (χ2v) is 10.7. The highest BCUT2D eigenvalue weighted by Gasteiger charge is 2.27. The van der Waals surface area contributed by atoms with E-state index in [-0.39, 0.29) is 16.9 Å². The zero-order chi connectivity index (χ0) is 23.9. The molecule has 0 spiro atoms. The minimum absolute atomic E-state index is 0.117. The summed E-state index contributed by atoms with van der Waals surface area (Å²) in [5.41, 5.74) is 0.691. The van der Waals surface area contributed by atoms with Gasteiger partial charge in [-0.05, 0) is 37.1 Å². The van der Waals surface area contributed by atoms with E-state index in [0.717, 1.165) is 25.9 Å². The van der Waals surface area contributed by atoms with Gasteiger partial charge in [-0.1, -0.05) is 19.0 Å². The summed E-state index contributed by atoms with van der Waals surface area (Å²) < 4.78 is 36.7. The lowest BCUT2D eigenvalue weighted by atomic mass is 10.1. The molecule has 178 valence electrons. The Morgan fingerprint density at radius 2 is 1.88 bits per heavy atom. The molecule has 0 amide bonds. The fraction of sp³-hybridized carbons (Fsp3) is 0.409. The Morgan fingerprint density at radius 3 is 2.53 bits per heavy atom. The predicted octanol–water partition coefficient (Wildman–Crippen LogP) is 3.37. The molecule has 34 heavy (non-hydrogen) atoms. The average Bonchev–Trinajstić information content (AvgIpc) is 3.45. The Morgan fingerprint density at radius 1 is 1.15 bits per heavy atom. The predicted molar refractivity (Wildman–Crippen MR) is 124 cm³/mol. The highest BCUT2D eigenvalue weighted by atomic mass is 32.2. The second-order valence-electron chi connectivity index (χ2n) is 8.66. The largest absolute Gasteiger partial charge is 0.437 e. The molecule has 1 aromatic carbocycles. The highest BCUT2D eigenvalue weighted by Crippen LogP contribution is 2.33. The van der Waals surface area contributed by atoms with Gasteiger partial charge in [-0.15, -0.1) is 5.10 Å². The van der Waals surface area contributed by atoms with Gasteiger partial charge >= 0.3 is 6.01 Å². The third-order valence-corrected chi connectivity index (χ3v) is 6.96. The molecule has 0 N–H and O–H groups in total. The number of hydrogen-bond acceptors (Lipinski definition) is 10. The van der Waals surface area contributed by atoms with Crippen molar-refractivity contribution in [2.45, 2.75) is 43.5 Å². The minimum Gasteiger partial charge on any atom is -0.437 e. The summed E-state index contributed by atoms with van der Waals surface area (Å²) in [4.78, 5) is 15.4. The summed E-state index contributed by atoms with van der Waals surface area (Å²) in [6, 6.07) is 6.91. The van der Waals surface area contributed by atoms with Crippen molar-refractivity contribution in [2.75, 3.05) is 24.2 Å². The van der Waals surface area contributed by atoms with E-state index in [2.05, 4.69) is 25.0 Å². The van der Waals surface area contributed by atoms with Crippen molar-refractivity contribution < 1.29 is 17.7 Å². The van der Waals surface area contributed by atoms with Gasteiger partial charge < -0.3 is 14.2 Å². The van der Waals surface area contributed by atoms with Crippen LogP contribution in [-0.4, -0.2) is 57.7 Å². The molecule has 5 rings (SSSR count). The van der Waals surface area contributed by atoms with Crippen LogP contribution in [0.3, 0.4) is 0 Å². The SMILES string of the molecule is CC(C)c1noc(N2CCC(n3nc(Oc4ccc(S(C)(=O)=O)cc4)c4cncnc43)CC2)n1. The van der Waals surface area contributed by atoms with Crippen LogP contribution in [0.5, 0.6) is 11.6 Å². The number of aromatic nitrogens is 6. The van der Waals surface area contributed by atoms with E-state index in [4.69, 9.17) is 14.4 Å². The minimum atomic E-state index is -3.28. The summed E-state index contributed by atoms with van der Waals surface area (Å²) in [6.45, 7) is 5.57. The van der Waals surface area contributed by atoms with Crippen LogP contribution in [0.1, 0.15) is 44.5 Å². The number of benzene rings is 1. The fourth-order valence-electron chi connectivity index (χ4n) is 3.94. The molecule has 0 aliphatic carbocycles. The number of nitrogens with zero attached hydrogens (tertiary/aromatic N) is 7. The van der Waals surface area contributed by atoms with Crippen molar-refractivity contribution in [1.29, 1.82) is 0 Å². The van der Waals surface area contributed by atoms with E-state index in [1.165, 1.54) is 24.7 Å². The van der Waals surface area contributed by atoms with E-state index >= 15 is 0 Å². The molecule has 1 saturated heterocycles. The quantitative estimate of drug-likeness (QED) is 0.402. The number of fused-ring (bicyclic) bond motifs is 1. The smallest absolute Gasteiger partial charge is 0.324 e. The Balaban J connectivity index is 1.35. The molecule has 1 aliphatic heterocycles. The normalized spacial score (nSPS) is 15.4. The molecular formula is C22H25N7O4S. The molecule has 0 saturated carbocycles. The van der Waals surface area contributed by atoms with Crippen LogP contribution < -0.4 is 9.64 Å². The van der Waals surface area contributed by atoms with E-state index in [0.29, 0.717) is 34.5 Å². The van der Waals surface area contributed by atoms with Crippen LogP contribution in [-0.2, 0) is 9.84 Å². The molecule has 3 aromatic heterocycles. The molecule has 4 heterocycles. The first kappa shape index (κ1) is 22.3. The van der Waals surface area contributed by atoms with Crippen LogP contribution in [0.4, 0.5) is 6.01 Å². The second kappa shape index (κ2) is 8.67. The summed E-state index contributed by atoms with van der Waals surface area (Å²) in [6.07, 6.45) is 5.98. The van der Waals surface area contributed by atoms with Crippen molar-refractivity contribution in [3.63, 3.8) is 0 Å². The summed E-state index contributed by atoms with van der Waals surface area (Å²) in [5.74, 6) is 1.78. The van der Waals surface area contributed by atoms with E-state index in [1.807, 2.05) is 18.5 Å². The zero-order valence-electron chi connectivity index (χ0n) is 19.1. The lowest BCUT2D eigenvalue weighted by Gasteiger charge is -2.30. The molecule has 0 bridgehead atoms. The molecule has 1 fully saturated rings. The third kappa shape index (κ3) is 4.32. The van der Waals surface area contributed by atoms with E-state index < -0.39 is 9.84 Å². The van der Waals surface area contributed by atoms with Gasteiger partial charge in [-0.2, -0.15) is 4.98 Å². The summed E-state index contributed by atoms with van der Waals surface area (Å²) >= 11 is 0. The maximum atomic E-state index is 11.7. The first-order valence-corrected chi connectivity index (χ1v) is 12.9. The molecule has 1 aliphatic rings. The lowest BCUT2D eigenvalue weighted by molar-refractivity contribution is 0.339. The van der Waals surface area contributed by atoms with Crippen molar-refractivity contribution in [3.8, 4) is 11.6 Å². The van der Waals surface area contributed by atoms with Gasteiger partial charge in [0.25, 0.3) is 0 Å². The lowest BCUT2D eigenvalue weighted by Crippen LogP contribution is -2.35. The van der Waals surface area contributed by atoms with Crippen molar-refractivity contribution in [1.82, 2.24) is 29.9 Å². The monoisotopic (exact) mass is 483 g/mol. The molecule has 4 aromatic rings. The van der Waals surface area contributed by atoms with Crippen LogP contribution in [0, 0.1) is 0 Å². The molecule has 11 nitrogen and oxygen atoms in total. The number of sulfone groups is 1. The van der Waals surface area contributed by atoms with E-state index in [1.54, 1.807) is 18.3 Å². The average molecular weight is 484 g/mol. The fourth-order valence-corrected chi connectivity index (χ4v) is 4.57. The Bertz CT molecular complexity index is 1400. The zero-order valence-corrected chi connectivity index (χ0v) is 19.9. The molecule has 0 unspecified atom stereocenters. The molecular weight excluding hydrogens is 458 g/mol. The van der Waals surface area contributed by atoms with Crippen molar-refractivity contribution in [2.24, 2.45) is 0 Å². The maximum Gasteiger partial charge on any atom is 0.324 e. The maximum absolute atomic E-state index is 11.7. The Kier molecular flexibility index (Phi) is 5.68. The van der Waals surface area contributed by atoms with E-state index in [9.17, 15) is 8.42 Å². The van der Waals surface area contributed by atoms with Crippen LogP contribution in [0.15, 0.2) is 46.2 Å². The van der Waals surface area contributed by atoms with Crippen LogP contribution in [0.2, 0.25) is 0 Å². The Labute approximate surface area is 196 Å². The number of anilines is 1. The van der Waals surface area contributed by atoms with Gasteiger partial charge in [0.2, 0.25) is 5.88 Å². The van der Waals surface area contributed by atoms with Gasteiger partial charge in [0.1, 0.15) is 17.5 Å². The van der Waals surface area contributed by atoms with Crippen LogP contribution in [0.25, 0.3) is 11.0 Å². The standard InChI is InChI=1S/C22H25N7O4S/c1-14(2)19-25-22(33-27-19)28-10-8-15(9-11-28)29-20-18(12-23-13-24-20)21(26-29)32-16-4-6-17(7-5-16)34(3,30)31/h4-7,12-15H,8-11H2,1-3H3. The number of rotatable bonds is 6. The highest BCUT2D eigenvalue weighted by molar-refractivity contribution is 7.90. The van der Waals surface area contributed by atoms with Crippen LogP contribution >= 0.6 is 0 Å². The summed E-state index contributed by atoms with van der Waals surface area (Å²) in [7, 11) is -3.28. The number of ether oxygens (including phenoxy) is 1. The molecule has 0 radical (unpaired) electrons. The van der Waals surface area contributed by atoms with Gasteiger partial charge in [0.15, 0.2) is 21.3 Å². The topological polar surface area (TPSA) is 129 Å². The van der Waals surface area contributed by atoms with Crippen molar-refractivity contribution in [3.05, 3.63) is 42.6 Å². The van der Waals surface area contributed by atoms with Gasteiger partial charge in [0.05, 0.1) is 10.9 Å². The van der Waals surface area contributed by atoms with Gasteiger partial charge in [-0.25, -0.2) is 23.1 Å². The first-order valence-electron chi connectivity index (χ1n) is 11.0. The molecule has 0 atom stereocenters. The first-order chi connectivity index (χ1) is 16.3. The van der Waals surface area contributed by atoms with Crippen molar-refractivity contribution >= 4 is 26.9 Å². The van der Waals surface area contributed by atoms with Gasteiger partial charge in [0, 0.05) is 31.5 Å². The third-order valence-electron chi connectivity index (χ3n) is 5.83. The van der Waals surface area contributed by atoms with Gasteiger partial charge in [-0.3, -0.25) is 0 Å². The molecule has 12 heteroatoms. The number of hydrogen-bond donors (Lipinski definition) is 0. The summed E-state index contributed by atoms with van der Waals surface area (Å²) in [5, 5.41) is 9.46. The Hall–Kier alpha value is -3.54.